The molecule has 4 nitrogen and oxygen atoms in total. The van der Waals surface area contributed by atoms with E-state index in [4.69, 9.17) is 4.74 Å². The summed E-state index contributed by atoms with van der Waals surface area (Å²) in [4.78, 5) is 14.9. The quantitative estimate of drug-likeness (QED) is 0.825. The zero-order valence-electron chi connectivity index (χ0n) is 14.3. The first kappa shape index (κ1) is 16.4. The summed E-state index contributed by atoms with van der Waals surface area (Å²) in [5.74, 6) is 1.60. The van der Waals surface area contributed by atoms with Crippen molar-refractivity contribution in [3.8, 4) is 5.75 Å². The maximum absolute atomic E-state index is 12.9. The third-order valence-corrected chi connectivity index (χ3v) is 4.37. The Bertz CT molecular complexity index is 693. The van der Waals surface area contributed by atoms with E-state index in [1.165, 1.54) is 12.8 Å². The minimum absolute atomic E-state index is 0.0982. The molecule has 0 aliphatic heterocycles. The van der Waals surface area contributed by atoms with E-state index in [-0.39, 0.29) is 5.91 Å². The van der Waals surface area contributed by atoms with E-state index in [1.54, 1.807) is 7.11 Å². The van der Waals surface area contributed by atoms with Crippen LogP contribution in [0.3, 0.4) is 0 Å². The van der Waals surface area contributed by atoms with Gasteiger partial charge in [0.05, 0.1) is 18.4 Å². The molecule has 0 bridgehead atoms. The number of hydrogen-bond donors (Lipinski definition) is 1. The van der Waals surface area contributed by atoms with Crippen LogP contribution in [0.25, 0.3) is 0 Å². The van der Waals surface area contributed by atoms with Gasteiger partial charge >= 0.3 is 0 Å². The number of methoxy groups -OCH3 is 1. The molecular formula is C20H24N2O2. The Morgan fingerprint density at radius 3 is 2.50 bits per heavy atom. The van der Waals surface area contributed by atoms with E-state index in [0.29, 0.717) is 5.92 Å². The Balaban J connectivity index is 1.79. The second-order valence-electron chi connectivity index (χ2n) is 6.19. The number of benzene rings is 2. The molecule has 4 heteroatoms. The first-order chi connectivity index (χ1) is 11.7. The lowest BCUT2D eigenvalue weighted by atomic mass is 10.1. The first-order valence-corrected chi connectivity index (χ1v) is 8.50. The van der Waals surface area contributed by atoms with Gasteiger partial charge in [0.2, 0.25) is 0 Å². The number of rotatable bonds is 7. The van der Waals surface area contributed by atoms with Gasteiger partial charge in [-0.3, -0.25) is 4.79 Å². The average Bonchev–Trinajstić information content (AvgIpc) is 3.44. The molecule has 2 aromatic carbocycles. The van der Waals surface area contributed by atoms with Gasteiger partial charge in [-0.05, 0) is 62.1 Å². The van der Waals surface area contributed by atoms with Crippen LogP contribution in [0.2, 0.25) is 0 Å². The zero-order valence-corrected chi connectivity index (χ0v) is 14.3. The van der Waals surface area contributed by atoms with Crippen LogP contribution >= 0.6 is 0 Å². The highest BCUT2D eigenvalue weighted by molar-refractivity contribution is 6.00. The number of hydrogen-bond acceptors (Lipinski definition) is 3. The Labute approximate surface area is 143 Å². The number of nitrogens with one attached hydrogen (secondary N) is 1. The van der Waals surface area contributed by atoms with E-state index >= 15 is 0 Å². The van der Waals surface area contributed by atoms with Gasteiger partial charge in [0.1, 0.15) is 5.75 Å². The predicted molar refractivity (Wildman–Crippen MR) is 97.0 cm³/mol. The van der Waals surface area contributed by atoms with E-state index in [9.17, 15) is 4.79 Å². The molecule has 1 saturated carbocycles. The summed E-state index contributed by atoms with van der Waals surface area (Å²) in [7, 11) is 1.65. The molecule has 0 atom stereocenters. The molecule has 3 rings (SSSR count). The third kappa shape index (κ3) is 3.88. The van der Waals surface area contributed by atoms with Crippen LogP contribution in [0, 0.1) is 5.92 Å². The van der Waals surface area contributed by atoms with Gasteiger partial charge in [0.25, 0.3) is 5.91 Å². The minimum atomic E-state index is 0.0982. The highest BCUT2D eigenvalue weighted by Gasteiger charge is 2.27. The summed E-state index contributed by atoms with van der Waals surface area (Å²) in [5.41, 5.74) is 2.49. The van der Waals surface area contributed by atoms with Crippen molar-refractivity contribution in [2.45, 2.75) is 19.8 Å². The van der Waals surface area contributed by atoms with E-state index in [2.05, 4.69) is 5.32 Å². The highest BCUT2D eigenvalue weighted by atomic mass is 16.5. The van der Waals surface area contributed by atoms with Crippen molar-refractivity contribution in [1.29, 1.82) is 0 Å². The topological polar surface area (TPSA) is 41.6 Å². The minimum Gasteiger partial charge on any atom is -0.497 e. The molecular weight excluding hydrogens is 300 g/mol. The lowest BCUT2D eigenvalue weighted by molar-refractivity contribution is 0.0758. The molecule has 0 radical (unpaired) electrons. The van der Waals surface area contributed by atoms with Crippen molar-refractivity contribution in [2.24, 2.45) is 5.92 Å². The fourth-order valence-electron chi connectivity index (χ4n) is 2.75. The molecule has 1 aliphatic rings. The van der Waals surface area contributed by atoms with E-state index in [1.807, 2.05) is 60.4 Å². The van der Waals surface area contributed by atoms with Crippen LogP contribution < -0.4 is 10.1 Å². The molecule has 126 valence electrons. The number of nitrogens with zero attached hydrogens (tertiary/aromatic N) is 1. The summed E-state index contributed by atoms with van der Waals surface area (Å²) in [6.07, 6.45) is 2.49. The standard InChI is InChI=1S/C20H24N2O2/c1-3-22(14-15-8-9-15)20(23)18-6-4-5-7-19(18)21-16-10-12-17(24-2)13-11-16/h4-7,10-13,15,21H,3,8-9,14H2,1-2H3. The van der Waals surface area contributed by atoms with Crippen LogP contribution in [0.4, 0.5) is 11.4 Å². The molecule has 0 saturated heterocycles. The molecule has 1 aliphatic carbocycles. The van der Waals surface area contributed by atoms with Crippen molar-refractivity contribution >= 4 is 17.3 Å². The molecule has 0 spiro atoms. The molecule has 2 aromatic rings. The van der Waals surface area contributed by atoms with Crippen LogP contribution in [-0.2, 0) is 0 Å². The van der Waals surface area contributed by atoms with Crippen molar-refractivity contribution in [1.82, 2.24) is 4.90 Å². The van der Waals surface area contributed by atoms with Crippen molar-refractivity contribution in [2.75, 3.05) is 25.5 Å². The van der Waals surface area contributed by atoms with Gasteiger partial charge in [-0.2, -0.15) is 0 Å². The highest BCUT2D eigenvalue weighted by Crippen LogP contribution is 2.31. The van der Waals surface area contributed by atoms with Crippen LogP contribution in [0.1, 0.15) is 30.1 Å². The summed E-state index contributed by atoms with van der Waals surface area (Å²) >= 11 is 0. The van der Waals surface area contributed by atoms with Gasteiger partial charge in [0, 0.05) is 18.8 Å². The van der Waals surface area contributed by atoms with Gasteiger partial charge in [-0.1, -0.05) is 12.1 Å². The second kappa shape index (κ2) is 7.39. The molecule has 1 fully saturated rings. The second-order valence-corrected chi connectivity index (χ2v) is 6.19. The summed E-state index contributed by atoms with van der Waals surface area (Å²) in [6.45, 7) is 3.65. The fourth-order valence-corrected chi connectivity index (χ4v) is 2.75. The Kier molecular flexibility index (Phi) is 5.04. The lowest BCUT2D eigenvalue weighted by Crippen LogP contribution is -2.33. The normalized spacial score (nSPS) is 13.4. The summed E-state index contributed by atoms with van der Waals surface area (Å²) in [6, 6.07) is 15.4. The van der Waals surface area contributed by atoms with Gasteiger partial charge < -0.3 is 15.0 Å². The first-order valence-electron chi connectivity index (χ1n) is 8.50. The predicted octanol–water partition coefficient (Wildman–Crippen LogP) is 4.31. The van der Waals surface area contributed by atoms with Crippen molar-refractivity contribution in [3.63, 3.8) is 0 Å². The number of anilines is 2. The molecule has 1 amide bonds. The average molecular weight is 324 g/mol. The maximum atomic E-state index is 12.9. The van der Waals surface area contributed by atoms with E-state index < -0.39 is 0 Å². The monoisotopic (exact) mass is 324 g/mol. The summed E-state index contributed by atoms with van der Waals surface area (Å²) in [5, 5.41) is 3.35. The number of amides is 1. The van der Waals surface area contributed by atoms with Crippen LogP contribution in [0.5, 0.6) is 5.75 Å². The molecule has 0 aromatic heterocycles. The number of ether oxygens (including phenoxy) is 1. The van der Waals surface area contributed by atoms with Crippen molar-refractivity contribution in [3.05, 3.63) is 54.1 Å². The number of carbonyl (C=O) groups excluding carboxylic acids is 1. The molecule has 0 unspecified atom stereocenters. The van der Waals surface area contributed by atoms with Gasteiger partial charge in [-0.25, -0.2) is 0 Å². The molecule has 24 heavy (non-hydrogen) atoms. The third-order valence-electron chi connectivity index (χ3n) is 4.37. The largest absolute Gasteiger partial charge is 0.497 e. The van der Waals surface area contributed by atoms with Gasteiger partial charge in [-0.15, -0.1) is 0 Å². The maximum Gasteiger partial charge on any atom is 0.255 e. The van der Waals surface area contributed by atoms with E-state index in [0.717, 1.165) is 35.8 Å². The zero-order chi connectivity index (χ0) is 16.9. The van der Waals surface area contributed by atoms with Crippen LogP contribution in [-0.4, -0.2) is 31.0 Å². The van der Waals surface area contributed by atoms with Crippen molar-refractivity contribution < 1.29 is 9.53 Å². The lowest BCUT2D eigenvalue weighted by Gasteiger charge is -2.22. The fraction of sp³-hybridized carbons (Fsp3) is 0.350. The Hall–Kier alpha value is -2.49. The summed E-state index contributed by atoms with van der Waals surface area (Å²) < 4.78 is 5.18. The molecule has 0 heterocycles. The Morgan fingerprint density at radius 1 is 1.17 bits per heavy atom. The smallest absolute Gasteiger partial charge is 0.255 e. The Morgan fingerprint density at radius 2 is 1.88 bits per heavy atom. The van der Waals surface area contributed by atoms with Gasteiger partial charge in [0.15, 0.2) is 0 Å². The van der Waals surface area contributed by atoms with Crippen LogP contribution in [0.15, 0.2) is 48.5 Å². The number of para-hydroxylation sites is 1. The number of carbonyl (C=O) groups is 1. The molecule has 1 N–H and O–H groups in total. The SMILES string of the molecule is CCN(CC1CC1)C(=O)c1ccccc1Nc1ccc(OC)cc1.